The first-order valence-corrected chi connectivity index (χ1v) is 8.26. The summed E-state index contributed by atoms with van der Waals surface area (Å²) in [6.45, 7) is 3.35. The number of benzene rings is 1. The molecule has 1 atom stereocenters. The monoisotopic (exact) mass is 384 g/mol. The van der Waals surface area contributed by atoms with Crippen molar-refractivity contribution in [3.63, 3.8) is 0 Å². The first kappa shape index (κ1) is 21.6. The van der Waals surface area contributed by atoms with Crippen molar-refractivity contribution >= 4 is 24.8 Å². The van der Waals surface area contributed by atoms with Gasteiger partial charge in [-0.25, -0.2) is 13.2 Å². The first-order chi connectivity index (χ1) is 10.7. The minimum atomic E-state index is -1.34. The summed E-state index contributed by atoms with van der Waals surface area (Å²) in [4.78, 5) is 2.24. The van der Waals surface area contributed by atoms with Crippen molar-refractivity contribution in [3.8, 4) is 0 Å². The van der Waals surface area contributed by atoms with E-state index in [0.717, 1.165) is 57.9 Å². The van der Waals surface area contributed by atoms with E-state index in [1.807, 2.05) is 0 Å². The van der Waals surface area contributed by atoms with Crippen LogP contribution in [0, 0.1) is 23.4 Å². The van der Waals surface area contributed by atoms with Gasteiger partial charge in [0.15, 0.2) is 17.5 Å². The van der Waals surface area contributed by atoms with E-state index in [-0.39, 0.29) is 30.9 Å². The zero-order valence-electron chi connectivity index (χ0n) is 13.6. The molecule has 1 aliphatic carbocycles. The number of hydrogen-bond donors (Lipinski definition) is 1. The van der Waals surface area contributed by atoms with Gasteiger partial charge >= 0.3 is 0 Å². The highest BCUT2D eigenvalue weighted by Gasteiger charge is 2.33. The number of piperazine rings is 1. The maximum absolute atomic E-state index is 14.4. The van der Waals surface area contributed by atoms with Gasteiger partial charge in [0.05, 0.1) is 0 Å². The fraction of sp³-hybridized carbons (Fsp3) is 0.647. The second-order valence-corrected chi connectivity index (χ2v) is 6.39. The summed E-state index contributed by atoms with van der Waals surface area (Å²) in [6.07, 6.45) is 5.56. The van der Waals surface area contributed by atoms with Crippen LogP contribution in [0.4, 0.5) is 13.2 Å². The Balaban J connectivity index is 0.00000144. The molecular weight excluding hydrogens is 360 g/mol. The molecule has 2 nitrogen and oxygen atoms in total. The summed E-state index contributed by atoms with van der Waals surface area (Å²) < 4.78 is 41.3. The maximum Gasteiger partial charge on any atom is 0.194 e. The Hall–Kier alpha value is -0.490. The normalized spacial score (nSPS) is 20.8. The first-order valence-electron chi connectivity index (χ1n) is 8.26. The Bertz CT molecular complexity index is 501. The van der Waals surface area contributed by atoms with Crippen molar-refractivity contribution in [2.75, 3.05) is 26.2 Å². The van der Waals surface area contributed by atoms with E-state index < -0.39 is 17.5 Å². The molecule has 1 saturated heterocycles. The Kier molecular flexibility index (Phi) is 8.85. The number of halogens is 5. The topological polar surface area (TPSA) is 15.3 Å². The van der Waals surface area contributed by atoms with Crippen LogP contribution in [0.2, 0.25) is 0 Å². The van der Waals surface area contributed by atoms with Gasteiger partial charge in [0.25, 0.3) is 0 Å². The van der Waals surface area contributed by atoms with E-state index >= 15 is 0 Å². The Morgan fingerprint density at radius 2 is 1.54 bits per heavy atom. The Morgan fingerprint density at radius 3 is 2.17 bits per heavy atom. The van der Waals surface area contributed by atoms with Crippen LogP contribution >= 0.6 is 24.8 Å². The fourth-order valence-electron chi connectivity index (χ4n) is 3.93. The highest BCUT2D eigenvalue weighted by Crippen LogP contribution is 2.40. The molecule has 1 N–H and O–H groups in total. The number of hydrogen-bond acceptors (Lipinski definition) is 2. The minimum Gasteiger partial charge on any atom is -0.314 e. The third kappa shape index (κ3) is 4.57. The second-order valence-electron chi connectivity index (χ2n) is 6.39. The second kappa shape index (κ2) is 9.85. The maximum atomic E-state index is 14.4. The molecule has 2 aliphatic rings. The van der Waals surface area contributed by atoms with Crippen LogP contribution in [-0.4, -0.2) is 31.1 Å². The van der Waals surface area contributed by atoms with Crippen molar-refractivity contribution in [1.82, 2.24) is 10.2 Å². The van der Waals surface area contributed by atoms with Crippen LogP contribution in [0.3, 0.4) is 0 Å². The van der Waals surface area contributed by atoms with Crippen LogP contribution < -0.4 is 5.32 Å². The van der Waals surface area contributed by atoms with Gasteiger partial charge in [-0.2, -0.15) is 0 Å². The van der Waals surface area contributed by atoms with E-state index in [9.17, 15) is 13.2 Å². The predicted molar refractivity (Wildman–Crippen MR) is 94.6 cm³/mol. The zero-order chi connectivity index (χ0) is 15.5. The van der Waals surface area contributed by atoms with Gasteiger partial charge in [-0.3, -0.25) is 4.90 Å². The average Bonchev–Trinajstić information content (AvgIpc) is 2.57. The minimum absolute atomic E-state index is 0. The van der Waals surface area contributed by atoms with Gasteiger partial charge in [0.2, 0.25) is 0 Å². The molecule has 2 fully saturated rings. The van der Waals surface area contributed by atoms with Crippen molar-refractivity contribution in [1.29, 1.82) is 0 Å². The largest absolute Gasteiger partial charge is 0.314 e. The average molecular weight is 385 g/mol. The van der Waals surface area contributed by atoms with Crippen LogP contribution in [0.5, 0.6) is 0 Å². The van der Waals surface area contributed by atoms with Gasteiger partial charge < -0.3 is 5.32 Å². The molecule has 7 heteroatoms. The third-order valence-corrected chi connectivity index (χ3v) is 5.03. The highest BCUT2D eigenvalue weighted by atomic mass is 35.5. The number of nitrogens with zero attached hydrogens (tertiary/aromatic N) is 1. The zero-order valence-corrected chi connectivity index (χ0v) is 15.2. The smallest absolute Gasteiger partial charge is 0.194 e. The lowest BCUT2D eigenvalue weighted by molar-refractivity contribution is 0.0998. The summed E-state index contributed by atoms with van der Waals surface area (Å²) >= 11 is 0. The molecule has 0 bridgehead atoms. The van der Waals surface area contributed by atoms with E-state index in [0.29, 0.717) is 11.5 Å². The molecule has 0 spiro atoms. The molecule has 1 aliphatic heterocycles. The van der Waals surface area contributed by atoms with E-state index in [1.54, 1.807) is 0 Å². The molecule has 138 valence electrons. The van der Waals surface area contributed by atoms with Crippen molar-refractivity contribution in [3.05, 3.63) is 35.1 Å². The predicted octanol–water partition coefficient (Wildman–Crippen LogP) is 4.47. The molecule has 3 rings (SSSR count). The lowest BCUT2D eigenvalue weighted by atomic mass is 9.80. The molecule has 0 unspecified atom stereocenters. The summed E-state index contributed by atoms with van der Waals surface area (Å²) in [7, 11) is 0. The standard InChI is InChI=1S/C17H23F3N2.2ClH/c18-14-7-6-13(15(19)16(14)20)17(12-4-2-1-3-5-12)22-10-8-21-9-11-22;;/h6-7,12,17,21H,1-5,8-11H2;2*1H/t17-;;/m0../s1. The lowest BCUT2D eigenvalue weighted by Crippen LogP contribution is -2.47. The lowest BCUT2D eigenvalue weighted by Gasteiger charge is -2.41. The molecule has 0 amide bonds. The van der Waals surface area contributed by atoms with Crippen LogP contribution in [-0.2, 0) is 0 Å². The Morgan fingerprint density at radius 1 is 0.917 bits per heavy atom. The summed E-state index contributed by atoms with van der Waals surface area (Å²) in [5, 5.41) is 3.29. The van der Waals surface area contributed by atoms with Gasteiger partial charge in [-0.15, -0.1) is 24.8 Å². The molecule has 1 saturated carbocycles. The SMILES string of the molecule is Cl.Cl.Fc1ccc([C@H](C2CCCCC2)N2CCNCC2)c(F)c1F. The van der Waals surface area contributed by atoms with Crippen LogP contribution in [0.1, 0.15) is 43.7 Å². The molecule has 0 aromatic heterocycles. The van der Waals surface area contributed by atoms with Gasteiger partial charge in [-0.1, -0.05) is 25.3 Å². The van der Waals surface area contributed by atoms with Gasteiger partial charge in [0, 0.05) is 37.8 Å². The van der Waals surface area contributed by atoms with E-state index in [1.165, 1.54) is 12.5 Å². The van der Waals surface area contributed by atoms with E-state index in [4.69, 9.17) is 0 Å². The van der Waals surface area contributed by atoms with Crippen molar-refractivity contribution in [2.24, 2.45) is 5.92 Å². The van der Waals surface area contributed by atoms with Crippen LogP contribution in [0.15, 0.2) is 12.1 Å². The molecule has 1 heterocycles. The van der Waals surface area contributed by atoms with Gasteiger partial charge in [0.1, 0.15) is 0 Å². The van der Waals surface area contributed by atoms with Crippen molar-refractivity contribution < 1.29 is 13.2 Å². The quantitative estimate of drug-likeness (QED) is 0.773. The van der Waals surface area contributed by atoms with E-state index in [2.05, 4.69) is 10.2 Å². The fourth-order valence-corrected chi connectivity index (χ4v) is 3.93. The number of nitrogens with one attached hydrogen (secondary N) is 1. The van der Waals surface area contributed by atoms with Gasteiger partial charge in [-0.05, 0) is 24.8 Å². The number of rotatable bonds is 3. The molecule has 1 aromatic carbocycles. The van der Waals surface area contributed by atoms with Crippen LogP contribution in [0.25, 0.3) is 0 Å². The molecule has 0 radical (unpaired) electrons. The highest BCUT2D eigenvalue weighted by molar-refractivity contribution is 5.85. The summed E-state index contributed by atoms with van der Waals surface area (Å²) in [6, 6.07) is 2.36. The Labute approximate surface area is 154 Å². The summed E-state index contributed by atoms with van der Waals surface area (Å²) in [5.74, 6) is -3.13. The summed E-state index contributed by atoms with van der Waals surface area (Å²) in [5.41, 5.74) is 0.327. The third-order valence-electron chi connectivity index (χ3n) is 5.03. The van der Waals surface area contributed by atoms with Crippen molar-refractivity contribution in [2.45, 2.75) is 38.1 Å². The molecule has 1 aromatic rings. The molecular formula is C17H25Cl2F3N2. The molecule has 24 heavy (non-hydrogen) atoms.